The van der Waals surface area contributed by atoms with Gasteiger partial charge in [-0.05, 0) is 30.5 Å². The SMILES string of the molecule is CCc1cccc(NC(=O)OC(C)c2ccccc2)c1C(=O)O. The Morgan fingerprint density at radius 1 is 1.13 bits per heavy atom. The Hall–Kier alpha value is -2.82. The molecular formula is C18H19NO4. The molecule has 0 bridgehead atoms. The van der Waals surface area contributed by atoms with E-state index in [2.05, 4.69) is 5.32 Å². The van der Waals surface area contributed by atoms with Gasteiger partial charge in [0.05, 0.1) is 11.3 Å². The van der Waals surface area contributed by atoms with Crippen LogP contribution in [0.25, 0.3) is 0 Å². The van der Waals surface area contributed by atoms with Gasteiger partial charge in [-0.3, -0.25) is 5.32 Å². The van der Waals surface area contributed by atoms with Crippen LogP contribution < -0.4 is 5.32 Å². The molecule has 1 amide bonds. The van der Waals surface area contributed by atoms with Crippen molar-refractivity contribution in [3.63, 3.8) is 0 Å². The van der Waals surface area contributed by atoms with Crippen molar-refractivity contribution in [2.24, 2.45) is 0 Å². The van der Waals surface area contributed by atoms with E-state index in [-0.39, 0.29) is 11.3 Å². The normalized spacial score (nSPS) is 11.6. The van der Waals surface area contributed by atoms with E-state index >= 15 is 0 Å². The van der Waals surface area contributed by atoms with Crippen LogP contribution >= 0.6 is 0 Å². The lowest BCUT2D eigenvalue weighted by atomic mass is 10.0. The molecule has 120 valence electrons. The average Bonchev–Trinajstić information content (AvgIpc) is 2.54. The lowest BCUT2D eigenvalue weighted by Gasteiger charge is -2.16. The standard InChI is InChI=1S/C18H19NO4/c1-3-13-10-7-11-15(16(13)17(20)21)19-18(22)23-12(2)14-8-5-4-6-9-14/h4-12H,3H2,1-2H3,(H,19,22)(H,20,21). The molecule has 1 atom stereocenters. The number of hydrogen-bond acceptors (Lipinski definition) is 3. The van der Waals surface area contributed by atoms with Crippen LogP contribution in [0, 0.1) is 0 Å². The van der Waals surface area contributed by atoms with Crippen LogP contribution in [0.5, 0.6) is 0 Å². The third kappa shape index (κ3) is 4.10. The second kappa shape index (κ2) is 7.45. The molecule has 2 rings (SSSR count). The number of amides is 1. The molecule has 0 aliphatic carbocycles. The maximum atomic E-state index is 12.0. The highest BCUT2D eigenvalue weighted by atomic mass is 16.6. The number of aromatic carboxylic acids is 1. The Morgan fingerprint density at radius 3 is 2.43 bits per heavy atom. The number of ether oxygens (including phenoxy) is 1. The third-order valence-corrected chi connectivity index (χ3v) is 3.54. The van der Waals surface area contributed by atoms with Gasteiger partial charge in [0.15, 0.2) is 0 Å². The summed E-state index contributed by atoms with van der Waals surface area (Å²) < 4.78 is 5.31. The van der Waals surface area contributed by atoms with E-state index in [0.717, 1.165) is 5.56 Å². The number of nitrogens with one attached hydrogen (secondary N) is 1. The monoisotopic (exact) mass is 313 g/mol. The van der Waals surface area contributed by atoms with E-state index in [4.69, 9.17) is 4.74 Å². The summed E-state index contributed by atoms with van der Waals surface area (Å²) in [5.41, 5.74) is 1.86. The summed E-state index contributed by atoms with van der Waals surface area (Å²) in [6.45, 7) is 3.62. The molecule has 2 N–H and O–H groups in total. The van der Waals surface area contributed by atoms with Gasteiger partial charge in [-0.2, -0.15) is 0 Å². The molecule has 0 fully saturated rings. The van der Waals surface area contributed by atoms with Crippen molar-refractivity contribution >= 4 is 17.7 Å². The topological polar surface area (TPSA) is 75.6 Å². The molecule has 0 radical (unpaired) electrons. The zero-order valence-electron chi connectivity index (χ0n) is 13.1. The lowest BCUT2D eigenvalue weighted by molar-refractivity contribution is 0.0697. The number of anilines is 1. The van der Waals surface area contributed by atoms with Gasteiger partial charge in [0.1, 0.15) is 6.10 Å². The summed E-state index contributed by atoms with van der Waals surface area (Å²) in [6.07, 6.45) is -0.553. The van der Waals surface area contributed by atoms with Crippen molar-refractivity contribution in [1.82, 2.24) is 0 Å². The molecule has 2 aromatic rings. The van der Waals surface area contributed by atoms with Crippen LogP contribution in [0.3, 0.4) is 0 Å². The molecule has 1 unspecified atom stereocenters. The molecule has 5 nitrogen and oxygen atoms in total. The van der Waals surface area contributed by atoms with Crippen molar-refractivity contribution in [2.45, 2.75) is 26.4 Å². The second-order valence-corrected chi connectivity index (χ2v) is 5.08. The number of hydrogen-bond donors (Lipinski definition) is 2. The second-order valence-electron chi connectivity index (χ2n) is 5.08. The molecule has 23 heavy (non-hydrogen) atoms. The van der Waals surface area contributed by atoms with E-state index in [9.17, 15) is 14.7 Å². The fraction of sp³-hybridized carbons (Fsp3) is 0.222. The first kappa shape index (κ1) is 16.5. The first-order valence-corrected chi connectivity index (χ1v) is 7.40. The summed E-state index contributed by atoms with van der Waals surface area (Å²) in [4.78, 5) is 23.5. The fourth-order valence-electron chi connectivity index (χ4n) is 2.34. The smallest absolute Gasteiger partial charge is 0.412 e. The van der Waals surface area contributed by atoms with Crippen LogP contribution in [0.2, 0.25) is 0 Å². The fourth-order valence-corrected chi connectivity index (χ4v) is 2.34. The van der Waals surface area contributed by atoms with Gasteiger partial charge in [-0.1, -0.05) is 49.4 Å². The maximum Gasteiger partial charge on any atom is 0.412 e. The Bertz CT molecular complexity index is 697. The highest BCUT2D eigenvalue weighted by Crippen LogP contribution is 2.22. The number of rotatable bonds is 5. The van der Waals surface area contributed by atoms with Gasteiger partial charge >= 0.3 is 12.1 Å². The summed E-state index contributed by atoms with van der Waals surface area (Å²) in [5.74, 6) is -1.08. The van der Waals surface area contributed by atoms with Crippen molar-refractivity contribution in [2.75, 3.05) is 5.32 Å². The van der Waals surface area contributed by atoms with Crippen LogP contribution in [0.1, 0.15) is 41.4 Å². The van der Waals surface area contributed by atoms with Crippen molar-refractivity contribution < 1.29 is 19.4 Å². The Labute approximate surface area is 134 Å². The molecule has 5 heteroatoms. The van der Waals surface area contributed by atoms with Gasteiger partial charge in [0.25, 0.3) is 0 Å². The molecule has 0 saturated carbocycles. The lowest BCUT2D eigenvalue weighted by Crippen LogP contribution is -2.18. The van der Waals surface area contributed by atoms with E-state index in [0.29, 0.717) is 12.0 Å². The summed E-state index contributed by atoms with van der Waals surface area (Å²) >= 11 is 0. The van der Waals surface area contributed by atoms with Gasteiger partial charge in [-0.25, -0.2) is 9.59 Å². The van der Waals surface area contributed by atoms with E-state index in [1.807, 2.05) is 37.3 Å². The van der Waals surface area contributed by atoms with Crippen LogP contribution in [-0.2, 0) is 11.2 Å². The van der Waals surface area contributed by atoms with Gasteiger partial charge in [0, 0.05) is 0 Å². The first-order chi connectivity index (χ1) is 11.0. The summed E-state index contributed by atoms with van der Waals surface area (Å²) in [5, 5.41) is 11.9. The van der Waals surface area contributed by atoms with Crippen LogP contribution in [0.4, 0.5) is 10.5 Å². The minimum absolute atomic E-state index is 0.0966. The van der Waals surface area contributed by atoms with Gasteiger partial charge < -0.3 is 9.84 Å². The highest BCUT2D eigenvalue weighted by molar-refractivity contribution is 6.00. The molecule has 0 aliphatic rings. The Kier molecular flexibility index (Phi) is 5.36. The molecular weight excluding hydrogens is 294 g/mol. The number of carbonyl (C=O) groups excluding carboxylic acids is 1. The molecule has 0 aromatic heterocycles. The molecule has 0 aliphatic heterocycles. The van der Waals surface area contributed by atoms with E-state index in [1.54, 1.807) is 25.1 Å². The van der Waals surface area contributed by atoms with E-state index in [1.165, 1.54) is 0 Å². The number of carboxylic acid groups (broad SMARTS) is 1. The number of carboxylic acids is 1. The van der Waals surface area contributed by atoms with Crippen molar-refractivity contribution in [1.29, 1.82) is 0 Å². The predicted molar refractivity (Wildman–Crippen MR) is 87.7 cm³/mol. The molecule has 0 saturated heterocycles. The number of aryl methyl sites for hydroxylation is 1. The third-order valence-electron chi connectivity index (χ3n) is 3.54. The Morgan fingerprint density at radius 2 is 1.83 bits per heavy atom. The zero-order valence-corrected chi connectivity index (χ0v) is 13.1. The van der Waals surface area contributed by atoms with Crippen LogP contribution in [-0.4, -0.2) is 17.2 Å². The quantitative estimate of drug-likeness (QED) is 0.865. The number of benzene rings is 2. The van der Waals surface area contributed by atoms with Gasteiger partial charge in [-0.15, -0.1) is 0 Å². The van der Waals surface area contributed by atoms with Gasteiger partial charge in [0.2, 0.25) is 0 Å². The van der Waals surface area contributed by atoms with E-state index < -0.39 is 18.2 Å². The zero-order chi connectivity index (χ0) is 16.8. The van der Waals surface area contributed by atoms with Crippen molar-refractivity contribution in [3.8, 4) is 0 Å². The summed E-state index contributed by atoms with van der Waals surface area (Å²) in [6, 6.07) is 14.3. The molecule has 0 spiro atoms. The minimum atomic E-state index is -1.08. The predicted octanol–water partition coefficient (Wildman–Crippen LogP) is 4.26. The van der Waals surface area contributed by atoms with Crippen molar-refractivity contribution in [3.05, 3.63) is 65.2 Å². The van der Waals surface area contributed by atoms with Crippen LogP contribution in [0.15, 0.2) is 48.5 Å². The number of carbonyl (C=O) groups is 2. The maximum absolute atomic E-state index is 12.0. The summed E-state index contributed by atoms with van der Waals surface area (Å²) in [7, 11) is 0. The largest absolute Gasteiger partial charge is 0.478 e. The highest BCUT2D eigenvalue weighted by Gasteiger charge is 2.18. The first-order valence-electron chi connectivity index (χ1n) is 7.40. The Balaban J connectivity index is 2.13. The molecule has 2 aromatic carbocycles. The minimum Gasteiger partial charge on any atom is -0.478 e. The molecule has 0 heterocycles. The average molecular weight is 313 g/mol.